The number of rotatable bonds is 9. The molecule has 0 saturated heterocycles. The molecule has 20 heavy (non-hydrogen) atoms. The van der Waals surface area contributed by atoms with Gasteiger partial charge >= 0.3 is 0 Å². The maximum absolute atomic E-state index is 2.50. The Labute approximate surface area is 130 Å². The van der Waals surface area contributed by atoms with E-state index in [0.29, 0.717) is 0 Å². The van der Waals surface area contributed by atoms with E-state index in [9.17, 15) is 0 Å². The summed E-state index contributed by atoms with van der Waals surface area (Å²) in [7, 11) is 0. The zero-order valence-electron chi connectivity index (χ0n) is 14.3. The summed E-state index contributed by atoms with van der Waals surface area (Å²) in [6.07, 6.45) is 4.74. The summed E-state index contributed by atoms with van der Waals surface area (Å²) in [4.78, 5) is 0. The summed E-state index contributed by atoms with van der Waals surface area (Å²) < 4.78 is 2.50. The second-order valence-corrected chi connectivity index (χ2v) is 8.30. The lowest BCUT2D eigenvalue weighted by Gasteiger charge is -2.15. The number of hydrogen-bond acceptors (Lipinski definition) is 1. The van der Waals surface area contributed by atoms with Crippen molar-refractivity contribution >= 4 is 11.8 Å². The molecule has 116 valence electrons. The lowest BCUT2D eigenvalue weighted by atomic mass is 9.98. The summed E-state index contributed by atoms with van der Waals surface area (Å²) in [6.45, 7) is 15.0. The monoisotopic (exact) mass is 295 g/mol. The highest BCUT2D eigenvalue weighted by molar-refractivity contribution is 7.99. The number of aromatic nitrogens is 1. The first-order valence-electron chi connectivity index (χ1n) is 8.14. The Morgan fingerprint density at radius 1 is 0.950 bits per heavy atom. The molecule has 0 aliphatic carbocycles. The molecule has 0 aromatic carbocycles. The molecule has 0 bridgehead atoms. The molecule has 0 spiro atoms. The Balaban J connectivity index is 2.66. The molecule has 1 nitrogen and oxygen atoms in total. The molecule has 0 N–H and O–H groups in total. The largest absolute Gasteiger partial charge is 0.350 e. The van der Waals surface area contributed by atoms with Crippen molar-refractivity contribution in [3.8, 4) is 0 Å². The first-order chi connectivity index (χ1) is 9.40. The van der Waals surface area contributed by atoms with Gasteiger partial charge in [-0.1, -0.05) is 41.5 Å². The lowest BCUT2D eigenvalue weighted by molar-refractivity contribution is 0.580. The van der Waals surface area contributed by atoms with E-state index in [2.05, 4.69) is 70.1 Å². The first-order valence-corrected chi connectivity index (χ1v) is 9.30. The molecule has 2 heteroatoms. The van der Waals surface area contributed by atoms with Crippen LogP contribution in [-0.4, -0.2) is 16.1 Å². The van der Waals surface area contributed by atoms with Gasteiger partial charge in [0.1, 0.15) is 0 Å². The molecule has 0 atom stereocenters. The summed E-state index contributed by atoms with van der Waals surface area (Å²) in [6, 6.07) is 2.35. The van der Waals surface area contributed by atoms with Gasteiger partial charge in [0.15, 0.2) is 0 Å². The molecule has 0 aliphatic heterocycles. The van der Waals surface area contributed by atoms with Gasteiger partial charge in [-0.3, -0.25) is 0 Å². The van der Waals surface area contributed by atoms with E-state index in [1.807, 2.05) is 0 Å². The van der Waals surface area contributed by atoms with Crippen LogP contribution in [-0.2, 0) is 19.4 Å². The highest BCUT2D eigenvalue weighted by atomic mass is 32.2. The van der Waals surface area contributed by atoms with Crippen LogP contribution in [0.2, 0.25) is 0 Å². The number of thioether (sulfide) groups is 1. The molecule has 0 amide bonds. The van der Waals surface area contributed by atoms with Gasteiger partial charge in [0.2, 0.25) is 0 Å². The molecule has 1 aromatic rings. The smallest absolute Gasteiger partial charge is 0.0313 e. The van der Waals surface area contributed by atoms with E-state index in [4.69, 9.17) is 0 Å². The minimum atomic E-state index is 0.734. The summed E-state index contributed by atoms with van der Waals surface area (Å²) in [5, 5.41) is 0. The Hall–Kier alpha value is -0.370. The van der Waals surface area contributed by atoms with Gasteiger partial charge in [-0.25, -0.2) is 0 Å². The second-order valence-electron chi connectivity index (χ2n) is 7.15. The number of hydrogen-bond donors (Lipinski definition) is 0. The van der Waals surface area contributed by atoms with Gasteiger partial charge in [-0.15, -0.1) is 0 Å². The Morgan fingerprint density at radius 3 is 2.15 bits per heavy atom. The van der Waals surface area contributed by atoms with Crippen LogP contribution in [0, 0.1) is 17.8 Å². The van der Waals surface area contributed by atoms with E-state index in [1.165, 1.54) is 24.3 Å². The Morgan fingerprint density at radius 2 is 1.60 bits per heavy atom. The minimum absolute atomic E-state index is 0.734. The highest BCUT2D eigenvalue weighted by Gasteiger charge is 2.12. The van der Waals surface area contributed by atoms with E-state index in [-0.39, 0.29) is 0 Å². The molecule has 0 radical (unpaired) electrons. The van der Waals surface area contributed by atoms with Gasteiger partial charge in [0.25, 0.3) is 0 Å². The molecule has 0 saturated carbocycles. The van der Waals surface area contributed by atoms with E-state index in [1.54, 1.807) is 11.3 Å². The molecular weight excluding hydrogens is 262 g/mol. The van der Waals surface area contributed by atoms with Crippen molar-refractivity contribution in [2.75, 3.05) is 11.5 Å². The van der Waals surface area contributed by atoms with Crippen LogP contribution < -0.4 is 0 Å². The second kappa shape index (κ2) is 8.81. The minimum Gasteiger partial charge on any atom is -0.350 e. The molecule has 0 aliphatic rings. The molecule has 1 heterocycles. The average molecular weight is 296 g/mol. The van der Waals surface area contributed by atoms with E-state index in [0.717, 1.165) is 24.3 Å². The fraction of sp³-hybridized carbons (Fsp3) is 0.778. The summed E-state index contributed by atoms with van der Waals surface area (Å²) >= 11 is 2.09. The quantitative estimate of drug-likeness (QED) is 0.561. The molecular formula is C18H33NS. The van der Waals surface area contributed by atoms with Crippen molar-refractivity contribution in [1.29, 1.82) is 0 Å². The van der Waals surface area contributed by atoms with Crippen molar-refractivity contribution in [2.24, 2.45) is 17.8 Å². The van der Waals surface area contributed by atoms with E-state index >= 15 is 0 Å². The maximum atomic E-state index is 2.50. The van der Waals surface area contributed by atoms with Crippen LogP contribution >= 0.6 is 11.8 Å². The van der Waals surface area contributed by atoms with Crippen molar-refractivity contribution < 1.29 is 0 Å². The maximum Gasteiger partial charge on any atom is 0.0313 e. The van der Waals surface area contributed by atoms with Crippen LogP contribution in [0.5, 0.6) is 0 Å². The topological polar surface area (TPSA) is 4.93 Å². The lowest BCUT2D eigenvalue weighted by Crippen LogP contribution is -2.10. The molecule has 0 unspecified atom stereocenters. The third kappa shape index (κ3) is 6.39. The third-order valence-corrected chi connectivity index (χ3v) is 4.70. The van der Waals surface area contributed by atoms with Gasteiger partial charge in [-0.05, 0) is 48.0 Å². The average Bonchev–Trinajstić information content (AvgIpc) is 2.66. The fourth-order valence-electron chi connectivity index (χ4n) is 2.50. The van der Waals surface area contributed by atoms with Crippen molar-refractivity contribution in [3.05, 3.63) is 23.5 Å². The van der Waals surface area contributed by atoms with Gasteiger partial charge in [-0.2, -0.15) is 11.8 Å². The SMILES string of the molecule is CC(C)CSCCn1ccc(CC(C)C)c1CC(C)C. The normalized spacial score (nSPS) is 12.1. The van der Waals surface area contributed by atoms with Gasteiger partial charge in [0.05, 0.1) is 0 Å². The fourth-order valence-corrected chi connectivity index (χ4v) is 3.47. The van der Waals surface area contributed by atoms with Crippen molar-refractivity contribution in [3.63, 3.8) is 0 Å². The Kier molecular flexibility index (Phi) is 7.79. The van der Waals surface area contributed by atoms with Gasteiger partial charge in [0, 0.05) is 24.2 Å². The van der Waals surface area contributed by atoms with Crippen LogP contribution in [0.15, 0.2) is 12.3 Å². The van der Waals surface area contributed by atoms with Crippen LogP contribution in [0.25, 0.3) is 0 Å². The van der Waals surface area contributed by atoms with Crippen LogP contribution in [0.3, 0.4) is 0 Å². The van der Waals surface area contributed by atoms with E-state index < -0.39 is 0 Å². The first kappa shape index (κ1) is 17.7. The zero-order chi connectivity index (χ0) is 15.1. The standard InChI is InChI=1S/C18H33NS/c1-14(2)11-17-7-8-19(18(17)12-15(3)4)9-10-20-13-16(5)6/h7-8,14-16H,9-13H2,1-6H3. The third-order valence-electron chi connectivity index (χ3n) is 3.33. The van der Waals surface area contributed by atoms with Gasteiger partial charge < -0.3 is 4.57 Å². The molecule has 0 fully saturated rings. The highest BCUT2D eigenvalue weighted by Crippen LogP contribution is 2.20. The zero-order valence-corrected chi connectivity index (χ0v) is 15.1. The molecule has 1 rings (SSSR count). The van der Waals surface area contributed by atoms with Crippen LogP contribution in [0.1, 0.15) is 52.8 Å². The Bertz CT molecular complexity index is 377. The summed E-state index contributed by atoms with van der Waals surface area (Å²) in [5.74, 6) is 4.79. The number of nitrogens with zero attached hydrogens (tertiary/aromatic N) is 1. The molecule has 1 aromatic heterocycles. The summed E-state index contributed by atoms with van der Waals surface area (Å²) in [5.41, 5.74) is 3.15. The predicted molar refractivity (Wildman–Crippen MR) is 93.7 cm³/mol. The number of aryl methyl sites for hydroxylation is 1. The van der Waals surface area contributed by atoms with Crippen molar-refractivity contribution in [1.82, 2.24) is 4.57 Å². The predicted octanol–water partition coefficient (Wildman–Crippen LogP) is 5.27. The van der Waals surface area contributed by atoms with Crippen molar-refractivity contribution in [2.45, 2.75) is 60.9 Å². The van der Waals surface area contributed by atoms with Crippen LogP contribution in [0.4, 0.5) is 0 Å².